The van der Waals surface area contributed by atoms with Gasteiger partial charge in [0.1, 0.15) is 0 Å². The Kier molecular flexibility index (Phi) is 6.84. The van der Waals surface area contributed by atoms with Gasteiger partial charge < -0.3 is 9.80 Å². The molecule has 0 radical (unpaired) electrons. The Morgan fingerprint density at radius 1 is 0.848 bits per heavy atom. The van der Waals surface area contributed by atoms with E-state index in [1.54, 1.807) is 11.3 Å². The Hall–Kier alpha value is -2.18. The molecule has 3 aliphatic rings. The van der Waals surface area contributed by atoms with E-state index in [0.717, 1.165) is 79.3 Å². The third kappa shape index (κ3) is 4.87. The number of piperidine rings is 1. The minimum Gasteiger partial charge on any atom is -0.338 e. The molecule has 5 nitrogen and oxygen atoms in total. The van der Waals surface area contributed by atoms with Gasteiger partial charge in [-0.3, -0.25) is 14.5 Å². The average Bonchev–Trinajstić information content (AvgIpc) is 3.61. The van der Waals surface area contributed by atoms with Crippen molar-refractivity contribution in [1.29, 1.82) is 0 Å². The van der Waals surface area contributed by atoms with Crippen LogP contribution < -0.4 is 0 Å². The van der Waals surface area contributed by atoms with E-state index >= 15 is 0 Å². The molecule has 1 aromatic heterocycles. The highest BCUT2D eigenvalue weighted by Crippen LogP contribution is 2.31. The lowest BCUT2D eigenvalue weighted by Gasteiger charge is -2.30. The van der Waals surface area contributed by atoms with E-state index < -0.39 is 0 Å². The van der Waals surface area contributed by atoms with Crippen molar-refractivity contribution in [2.24, 2.45) is 0 Å². The Bertz CT molecular complexity index is 980. The van der Waals surface area contributed by atoms with Gasteiger partial charge in [0.15, 0.2) is 0 Å². The molecule has 3 fully saturated rings. The van der Waals surface area contributed by atoms with Gasteiger partial charge in [0, 0.05) is 48.7 Å². The molecule has 3 saturated heterocycles. The van der Waals surface area contributed by atoms with Crippen LogP contribution in [0.5, 0.6) is 0 Å². The molecule has 0 bridgehead atoms. The fourth-order valence-electron chi connectivity index (χ4n) is 5.63. The number of hydrogen-bond donors (Lipinski definition) is 0. The molecule has 5 rings (SSSR count). The second kappa shape index (κ2) is 9.98. The van der Waals surface area contributed by atoms with Crippen LogP contribution in [0.25, 0.3) is 10.4 Å². The van der Waals surface area contributed by atoms with Crippen molar-refractivity contribution in [3.63, 3.8) is 0 Å². The van der Waals surface area contributed by atoms with Crippen LogP contribution in [0.1, 0.15) is 71.9 Å². The molecule has 2 unspecified atom stereocenters. The number of rotatable bonds is 5. The van der Waals surface area contributed by atoms with E-state index in [4.69, 9.17) is 0 Å². The summed E-state index contributed by atoms with van der Waals surface area (Å²) >= 11 is 1.55. The van der Waals surface area contributed by atoms with Crippen molar-refractivity contribution in [3.05, 3.63) is 46.8 Å². The van der Waals surface area contributed by atoms with E-state index in [1.807, 2.05) is 41.3 Å². The fraction of sp³-hybridized carbons (Fsp3) is 0.556. The molecule has 6 heteroatoms. The summed E-state index contributed by atoms with van der Waals surface area (Å²) in [5.41, 5.74) is 1.83. The molecule has 4 heterocycles. The molecule has 1 aromatic carbocycles. The van der Waals surface area contributed by atoms with Crippen LogP contribution in [0, 0.1) is 0 Å². The number of carbonyl (C=O) groups excluding carboxylic acids is 2. The predicted molar refractivity (Wildman–Crippen MR) is 134 cm³/mol. The quantitative estimate of drug-likeness (QED) is 0.615. The number of thiophene rings is 1. The van der Waals surface area contributed by atoms with Gasteiger partial charge in [0.05, 0.1) is 4.88 Å². The van der Waals surface area contributed by atoms with E-state index in [0.29, 0.717) is 12.1 Å². The average molecular weight is 466 g/mol. The minimum absolute atomic E-state index is 0.156. The Balaban J connectivity index is 1.24. The topological polar surface area (TPSA) is 43.9 Å². The highest BCUT2D eigenvalue weighted by Gasteiger charge is 2.33. The summed E-state index contributed by atoms with van der Waals surface area (Å²) in [4.78, 5) is 34.6. The standard InChI is InChI=1S/C27H35N3O2S/c1-20-7-5-17-29(20)19-23-8-6-18-30(23)26(31)22-11-9-21(10-12-22)24-13-14-25(33-24)27(32)28-15-3-2-4-16-28/h9-14,20,23H,2-8,15-19H2,1H3. The Morgan fingerprint density at radius 3 is 2.33 bits per heavy atom. The molecule has 2 aromatic rings. The molecule has 0 spiro atoms. The summed E-state index contributed by atoms with van der Waals surface area (Å²) in [7, 11) is 0. The summed E-state index contributed by atoms with van der Waals surface area (Å²) in [5, 5.41) is 0. The van der Waals surface area contributed by atoms with Crippen LogP contribution in [0.2, 0.25) is 0 Å². The number of amides is 2. The van der Waals surface area contributed by atoms with Crippen molar-refractivity contribution in [1.82, 2.24) is 14.7 Å². The molecule has 0 saturated carbocycles. The first-order valence-corrected chi connectivity index (χ1v) is 13.5. The van der Waals surface area contributed by atoms with E-state index in [9.17, 15) is 9.59 Å². The molecular formula is C27H35N3O2S. The lowest BCUT2D eigenvalue weighted by molar-refractivity contribution is 0.0695. The molecule has 0 N–H and O–H groups in total. The zero-order valence-corrected chi connectivity index (χ0v) is 20.5. The van der Waals surface area contributed by atoms with Crippen molar-refractivity contribution in [3.8, 4) is 10.4 Å². The maximum Gasteiger partial charge on any atom is 0.263 e. The summed E-state index contributed by atoms with van der Waals surface area (Å²) in [6, 6.07) is 12.9. The molecule has 33 heavy (non-hydrogen) atoms. The normalized spacial score (nSPS) is 23.9. The summed E-state index contributed by atoms with van der Waals surface area (Å²) in [6.45, 7) is 7.09. The zero-order chi connectivity index (χ0) is 22.8. The number of hydrogen-bond acceptors (Lipinski definition) is 4. The van der Waals surface area contributed by atoms with Crippen LogP contribution in [-0.4, -0.2) is 71.3 Å². The monoisotopic (exact) mass is 465 g/mol. The lowest BCUT2D eigenvalue weighted by atomic mass is 10.1. The third-order valence-electron chi connectivity index (χ3n) is 7.65. The van der Waals surface area contributed by atoms with Crippen molar-refractivity contribution < 1.29 is 9.59 Å². The number of likely N-dealkylation sites (tertiary alicyclic amines) is 3. The van der Waals surface area contributed by atoms with Crippen LogP contribution in [0.15, 0.2) is 36.4 Å². The molecule has 0 aliphatic carbocycles. The van der Waals surface area contributed by atoms with Gasteiger partial charge in [-0.05, 0) is 88.2 Å². The summed E-state index contributed by atoms with van der Waals surface area (Å²) in [6.07, 6.45) is 8.19. The lowest BCUT2D eigenvalue weighted by Crippen LogP contribution is -2.44. The minimum atomic E-state index is 0.156. The van der Waals surface area contributed by atoms with Gasteiger partial charge in [-0.1, -0.05) is 12.1 Å². The van der Waals surface area contributed by atoms with Crippen molar-refractivity contribution in [2.75, 3.05) is 32.7 Å². The molecule has 176 valence electrons. The highest BCUT2D eigenvalue weighted by atomic mass is 32.1. The van der Waals surface area contributed by atoms with E-state index in [1.165, 1.54) is 19.3 Å². The van der Waals surface area contributed by atoms with Crippen LogP contribution >= 0.6 is 11.3 Å². The fourth-order valence-corrected chi connectivity index (χ4v) is 6.61. The Morgan fingerprint density at radius 2 is 1.61 bits per heavy atom. The van der Waals surface area contributed by atoms with Gasteiger partial charge in [0.25, 0.3) is 11.8 Å². The summed E-state index contributed by atoms with van der Waals surface area (Å²) < 4.78 is 0. The van der Waals surface area contributed by atoms with E-state index in [-0.39, 0.29) is 11.8 Å². The first-order chi connectivity index (χ1) is 16.1. The number of carbonyl (C=O) groups is 2. The molecular weight excluding hydrogens is 430 g/mol. The van der Waals surface area contributed by atoms with E-state index in [2.05, 4.69) is 16.7 Å². The van der Waals surface area contributed by atoms with Gasteiger partial charge in [-0.2, -0.15) is 0 Å². The number of benzene rings is 1. The van der Waals surface area contributed by atoms with Gasteiger partial charge >= 0.3 is 0 Å². The van der Waals surface area contributed by atoms with Gasteiger partial charge in [-0.25, -0.2) is 0 Å². The molecule has 2 atom stereocenters. The molecule has 2 amide bonds. The van der Waals surface area contributed by atoms with Gasteiger partial charge in [0.2, 0.25) is 0 Å². The second-order valence-electron chi connectivity index (χ2n) is 9.87. The van der Waals surface area contributed by atoms with Crippen molar-refractivity contribution >= 4 is 23.2 Å². The SMILES string of the molecule is CC1CCCN1CC1CCCN1C(=O)c1ccc(-c2ccc(C(=O)N3CCCCC3)s2)cc1. The molecule has 3 aliphatic heterocycles. The predicted octanol–water partition coefficient (Wildman–Crippen LogP) is 5.13. The second-order valence-corrected chi connectivity index (χ2v) is 11.0. The largest absolute Gasteiger partial charge is 0.338 e. The van der Waals surface area contributed by atoms with Gasteiger partial charge in [-0.15, -0.1) is 11.3 Å². The van der Waals surface area contributed by atoms with Crippen molar-refractivity contribution in [2.45, 2.75) is 64.0 Å². The Labute approximate surface area is 201 Å². The first kappa shape index (κ1) is 22.6. The van der Waals surface area contributed by atoms with Crippen LogP contribution in [0.3, 0.4) is 0 Å². The summed E-state index contributed by atoms with van der Waals surface area (Å²) in [5.74, 6) is 0.313. The highest BCUT2D eigenvalue weighted by molar-refractivity contribution is 7.17. The third-order valence-corrected chi connectivity index (χ3v) is 8.77. The maximum atomic E-state index is 13.3. The number of nitrogens with zero attached hydrogens (tertiary/aromatic N) is 3. The van der Waals surface area contributed by atoms with Crippen LogP contribution in [-0.2, 0) is 0 Å². The maximum absolute atomic E-state index is 13.3. The van der Waals surface area contributed by atoms with Crippen LogP contribution in [0.4, 0.5) is 0 Å². The first-order valence-electron chi connectivity index (χ1n) is 12.6. The zero-order valence-electron chi connectivity index (χ0n) is 19.7. The smallest absolute Gasteiger partial charge is 0.263 e.